The van der Waals surface area contributed by atoms with Crippen LogP contribution in [-0.4, -0.2) is 16.5 Å². The van der Waals surface area contributed by atoms with Crippen LogP contribution in [-0.2, 0) is 6.42 Å². The van der Waals surface area contributed by atoms with Crippen molar-refractivity contribution >= 4 is 17.4 Å². The number of nitrogens with one attached hydrogen (secondary N) is 1. The van der Waals surface area contributed by atoms with Crippen molar-refractivity contribution in [3.8, 4) is 11.6 Å². The average Bonchev–Trinajstić information content (AvgIpc) is 2.45. The summed E-state index contributed by atoms with van der Waals surface area (Å²) in [5.74, 6) is 2.79. The molecule has 0 spiro atoms. The highest BCUT2D eigenvalue weighted by atomic mass is 35.5. The SMILES string of the molecule is CCCNc1cc(Oc2cccc(Cl)c2)nc(CCC)n1. The monoisotopic (exact) mass is 305 g/mol. The Hall–Kier alpha value is -1.81. The van der Waals surface area contributed by atoms with Crippen molar-refractivity contribution in [1.82, 2.24) is 9.97 Å². The summed E-state index contributed by atoms with van der Waals surface area (Å²) in [5.41, 5.74) is 0. The number of halogens is 1. The Morgan fingerprint density at radius 1 is 1.14 bits per heavy atom. The topological polar surface area (TPSA) is 47.0 Å². The van der Waals surface area contributed by atoms with E-state index >= 15 is 0 Å². The normalized spacial score (nSPS) is 10.4. The van der Waals surface area contributed by atoms with Crippen LogP contribution in [0.4, 0.5) is 5.82 Å². The highest BCUT2D eigenvalue weighted by molar-refractivity contribution is 6.30. The van der Waals surface area contributed by atoms with Crippen LogP contribution in [0.25, 0.3) is 0 Å². The first-order valence-electron chi connectivity index (χ1n) is 7.26. The van der Waals surface area contributed by atoms with Gasteiger partial charge in [-0.05, 0) is 31.0 Å². The summed E-state index contributed by atoms with van der Waals surface area (Å²) in [6.45, 7) is 5.09. The molecule has 4 nitrogen and oxygen atoms in total. The number of hydrogen-bond acceptors (Lipinski definition) is 4. The van der Waals surface area contributed by atoms with E-state index < -0.39 is 0 Å². The standard InChI is InChI=1S/C16H20ClN3O/c1-3-6-14-19-15(18-9-4-2)11-16(20-14)21-13-8-5-7-12(17)10-13/h5,7-8,10-11H,3-4,6,9H2,1-2H3,(H,18,19,20). The Kier molecular flexibility index (Phi) is 5.81. The molecule has 1 heterocycles. The highest BCUT2D eigenvalue weighted by Crippen LogP contribution is 2.24. The van der Waals surface area contributed by atoms with Gasteiger partial charge < -0.3 is 10.1 Å². The van der Waals surface area contributed by atoms with Crippen molar-refractivity contribution in [1.29, 1.82) is 0 Å². The minimum absolute atomic E-state index is 0.536. The number of aromatic nitrogens is 2. The molecule has 0 atom stereocenters. The number of aryl methyl sites for hydroxylation is 1. The summed E-state index contributed by atoms with van der Waals surface area (Å²) in [5, 5.41) is 3.91. The lowest BCUT2D eigenvalue weighted by Gasteiger charge is -2.10. The molecular weight excluding hydrogens is 286 g/mol. The fourth-order valence-corrected chi connectivity index (χ4v) is 2.04. The zero-order valence-corrected chi connectivity index (χ0v) is 13.2. The third-order valence-corrected chi connectivity index (χ3v) is 3.03. The van der Waals surface area contributed by atoms with Crippen LogP contribution < -0.4 is 10.1 Å². The molecule has 1 aromatic heterocycles. The Morgan fingerprint density at radius 2 is 2.00 bits per heavy atom. The molecule has 0 amide bonds. The second-order valence-corrected chi connectivity index (χ2v) is 5.18. The lowest BCUT2D eigenvalue weighted by Crippen LogP contribution is -2.06. The van der Waals surface area contributed by atoms with Gasteiger partial charge in [0.25, 0.3) is 0 Å². The van der Waals surface area contributed by atoms with E-state index in [0.717, 1.165) is 37.4 Å². The molecule has 2 rings (SSSR count). The third-order valence-electron chi connectivity index (χ3n) is 2.80. The van der Waals surface area contributed by atoms with Crippen molar-refractivity contribution in [3.63, 3.8) is 0 Å². The average molecular weight is 306 g/mol. The summed E-state index contributed by atoms with van der Waals surface area (Å²) in [7, 11) is 0. The number of rotatable bonds is 7. The van der Waals surface area contributed by atoms with Gasteiger partial charge in [-0.25, -0.2) is 4.98 Å². The van der Waals surface area contributed by atoms with Crippen LogP contribution in [0.3, 0.4) is 0 Å². The maximum Gasteiger partial charge on any atom is 0.224 e. The van der Waals surface area contributed by atoms with E-state index in [2.05, 4.69) is 29.1 Å². The van der Waals surface area contributed by atoms with Crippen LogP contribution >= 0.6 is 11.6 Å². The van der Waals surface area contributed by atoms with E-state index in [4.69, 9.17) is 16.3 Å². The number of nitrogens with zero attached hydrogens (tertiary/aromatic N) is 2. The lowest BCUT2D eigenvalue weighted by atomic mass is 10.3. The third kappa shape index (κ3) is 4.90. The van der Waals surface area contributed by atoms with Crippen molar-refractivity contribution in [2.75, 3.05) is 11.9 Å². The van der Waals surface area contributed by atoms with E-state index in [0.29, 0.717) is 16.7 Å². The van der Waals surface area contributed by atoms with Crippen LogP contribution in [0.2, 0.25) is 5.02 Å². The molecule has 0 aliphatic heterocycles. The predicted octanol–water partition coefficient (Wildman–Crippen LogP) is 4.70. The Labute approximate surface area is 130 Å². The molecule has 112 valence electrons. The summed E-state index contributed by atoms with van der Waals surface area (Å²) in [4.78, 5) is 8.93. The van der Waals surface area contributed by atoms with Crippen molar-refractivity contribution < 1.29 is 4.74 Å². The van der Waals surface area contributed by atoms with Gasteiger partial charge in [0.15, 0.2) is 0 Å². The number of benzene rings is 1. The fraction of sp³-hybridized carbons (Fsp3) is 0.375. The van der Waals surface area contributed by atoms with E-state index in [9.17, 15) is 0 Å². The summed E-state index contributed by atoms with van der Waals surface area (Å²) in [6, 6.07) is 9.10. The molecule has 0 saturated heterocycles. The fourth-order valence-electron chi connectivity index (χ4n) is 1.86. The zero-order chi connectivity index (χ0) is 15.1. The van der Waals surface area contributed by atoms with E-state index in [-0.39, 0.29) is 0 Å². The van der Waals surface area contributed by atoms with Crippen molar-refractivity contribution in [2.45, 2.75) is 33.1 Å². The van der Waals surface area contributed by atoms with Gasteiger partial charge in [0.2, 0.25) is 5.88 Å². The van der Waals surface area contributed by atoms with Crippen LogP contribution in [0.15, 0.2) is 30.3 Å². The van der Waals surface area contributed by atoms with Gasteiger partial charge in [0, 0.05) is 24.1 Å². The van der Waals surface area contributed by atoms with Gasteiger partial charge in [-0.2, -0.15) is 4.98 Å². The van der Waals surface area contributed by atoms with Gasteiger partial charge in [0.05, 0.1) is 0 Å². The minimum Gasteiger partial charge on any atom is -0.439 e. The van der Waals surface area contributed by atoms with Gasteiger partial charge >= 0.3 is 0 Å². The molecule has 0 saturated carbocycles. The first kappa shape index (κ1) is 15.6. The smallest absolute Gasteiger partial charge is 0.224 e. The zero-order valence-electron chi connectivity index (χ0n) is 12.4. The van der Waals surface area contributed by atoms with Gasteiger partial charge in [-0.15, -0.1) is 0 Å². The van der Waals surface area contributed by atoms with Crippen LogP contribution in [0.1, 0.15) is 32.5 Å². The van der Waals surface area contributed by atoms with E-state index in [1.807, 2.05) is 24.3 Å². The minimum atomic E-state index is 0.536. The van der Waals surface area contributed by atoms with Gasteiger partial charge in [-0.3, -0.25) is 0 Å². The van der Waals surface area contributed by atoms with E-state index in [1.165, 1.54) is 0 Å². The van der Waals surface area contributed by atoms with E-state index in [1.54, 1.807) is 6.07 Å². The molecule has 0 bridgehead atoms. The molecule has 2 aromatic rings. The molecule has 5 heteroatoms. The molecule has 0 unspecified atom stereocenters. The quantitative estimate of drug-likeness (QED) is 0.805. The molecule has 21 heavy (non-hydrogen) atoms. The Morgan fingerprint density at radius 3 is 2.71 bits per heavy atom. The molecular formula is C16H20ClN3O. The largest absolute Gasteiger partial charge is 0.439 e. The molecule has 0 fully saturated rings. The number of ether oxygens (including phenoxy) is 1. The molecule has 1 N–H and O–H groups in total. The van der Waals surface area contributed by atoms with Gasteiger partial charge in [0.1, 0.15) is 17.4 Å². The molecule has 1 aromatic carbocycles. The summed E-state index contributed by atoms with van der Waals surface area (Å²) in [6.07, 6.45) is 2.86. The van der Waals surface area contributed by atoms with Crippen molar-refractivity contribution in [3.05, 3.63) is 41.2 Å². The van der Waals surface area contributed by atoms with Crippen molar-refractivity contribution in [2.24, 2.45) is 0 Å². The Bertz CT molecular complexity index is 589. The lowest BCUT2D eigenvalue weighted by molar-refractivity contribution is 0.458. The summed E-state index contributed by atoms with van der Waals surface area (Å²) < 4.78 is 5.79. The second kappa shape index (κ2) is 7.84. The highest BCUT2D eigenvalue weighted by Gasteiger charge is 2.06. The van der Waals surface area contributed by atoms with Crippen LogP contribution in [0.5, 0.6) is 11.6 Å². The molecule has 0 aliphatic rings. The van der Waals surface area contributed by atoms with Gasteiger partial charge in [-0.1, -0.05) is 31.5 Å². The summed E-state index contributed by atoms with van der Waals surface area (Å²) >= 11 is 5.97. The first-order valence-corrected chi connectivity index (χ1v) is 7.64. The Balaban J connectivity index is 2.22. The maximum atomic E-state index is 5.97. The second-order valence-electron chi connectivity index (χ2n) is 4.74. The number of anilines is 1. The van der Waals surface area contributed by atoms with Crippen LogP contribution in [0, 0.1) is 0 Å². The molecule has 0 aliphatic carbocycles. The maximum absolute atomic E-state index is 5.97. The molecule has 0 radical (unpaired) electrons. The number of hydrogen-bond donors (Lipinski definition) is 1. The first-order chi connectivity index (χ1) is 10.2. The predicted molar refractivity (Wildman–Crippen MR) is 86.3 cm³/mol.